The summed E-state index contributed by atoms with van der Waals surface area (Å²) in [4.78, 5) is 17.0. The molecule has 0 aromatic heterocycles. The number of ether oxygens (including phenoxy) is 2. The van der Waals surface area contributed by atoms with Crippen LogP contribution in [0.3, 0.4) is 0 Å². The van der Waals surface area contributed by atoms with Crippen LogP contribution in [0.2, 0.25) is 0 Å². The second-order valence-corrected chi connectivity index (χ2v) is 4.46. The quantitative estimate of drug-likeness (QED) is 0.621. The topological polar surface area (TPSA) is 51.1 Å². The Labute approximate surface area is 124 Å². The Hall–Kier alpha value is -2.51. The molecule has 22 heavy (non-hydrogen) atoms. The van der Waals surface area contributed by atoms with Gasteiger partial charge in [0.05, 0.1) is 37.7 Å². The first kappa shape index (κ1) is 15.9. The van der Waals surface area contributed by atoms with Crippen LogP contribution >= 0.6 is 0 Å². The van der Waals surface area contributed by atoms with Crippen LogP contribution in [0.25, 0.3) is 0 Å². The van der Waals surface area contributed by atoms with Crippen molar-refractivity contribution in [3.8, 4) is 0 Å². The Kier molecular flexibility index (Phi) is 4.39. The third kappa shape index (κ3) is 2.76. The zero-order chi connectivity index (χ0) is 16.4. The summed E-state index contributed by atoms with van der Waals surface area (Å²) in [5, 5.41) is 0. The summed E-state index contributed by atoms with van der Waals surface area (Å²) in [7, 11) is 2.53. The number of allylic oxidation sites excluding steroid dienone is 1. The normalized spacial score (nSPS) is 14.8. The molecule has 0 spiro atoms. The molecule has 0 atom stereocenters. The molecule has 1 aromatic carbocycles. The lowest BCUT2D eigenvalue weighted by Gasteiger charge is -2.29. The highest BCUT2D eigenvalue weighted by molar-refractivity contribution is 5.99. The van der Waals surface area contributed by atoms with Gasteiger partial charge in [-0.1, -0.05) is 0 Å². The van der Waals surface area contributed by atoms with Crippen molar-refractivity contribution < 1.29 is 27.4 Å². The summed E-state index contributed by atoms with van der Waals surface area (Å²) in [6.45, 7) is 1.50. The number of methoxy groups -OCH3 is 2. The number of esters is 1. The molecule has 0 saturated heterocycles. The van der Waals surface area contributed by atoms with Gasteiger partial charge in [0.15, 0.2) is 17.5 Å². The monoisotopic (exact) mass is 314 g/mol. The van der Waals surface area contributed by atoms with Gasteiger partial charge in [-0.25, -0.2) is 23.0 Å². The minimum Gasteiger partial charge on any atom is -0.468 e. The maximum absolute atomic E-state index is 13.4. The number of anilines is 1. The number of amidine groups is 1. The van der Waals surface area contributed by atoms with Gasteiger partial charge in [-0.05, 0) is 6.92 Å². The van der Waals surface area contributed by atoms with E-state index in [1.165, 1.54) is 19.1 Å². The number of nitrogens with zero attached hydrogens (tertiary/aromatic N) is 2. The molecular weight excluding hydrogens is 301 g/mol. The van der Waals surface area contributed by atoms with Gasteiger partial charge in [0.25, 0.3) is 6.02 Å². The number of benzene rings is 1. The average molecular weight is 314 g/mol. The van der Waals surface area contributed by atoms with Gasteiger partial charge in [-0.2, -0.15) is 0 Å². The lowest BCUT2D eigenvalue weighted by molar-refractivity contribution is -0.136. The van der Waals surface area contributed by atoms with Crippen molar-refractivity contribution in [2.75, 3.05) is 25.7 Å². The summed E-state index contributed by atoms with van der Waals surface area (Å²) in [5.41, 5.74) is 0.530. The molecule has 0 unspecified atom stereocenters. The lowest BCUT2D eigenvalue weighted by atomic mass is 10.1. The maximum atomic E-state index is 13.4. The van der Waals surface area contributed by atoms with Crippen molar-refractivity contribution in [1.82, 2.24) is 0 Å². The summed E-state index contributed by atoms with van der Waals surface area (Å²) in [5.74, 6) is -4.89. The lowest BCUT2D eigenvalue weighted by Crippen LogP contribution is -2.39. The second-order valence-electron chi connectivity index (χ2n) is 4.46. The van der Waals surface area contributed by atoms with E-state index >= 15 is 0 Å². The fraction of sp³-hybridized carbons (Fsp3) is 0.286. The molecule has 118 valence electrons. The number of carbonyl (C=O) groups is 1. The Morgan fingerprint density at radius 3 is 2.32 bits per heavy atom. The summed E-state index contributed by atoms with van der Waals surface area (Å²) < 4.78 is 49.6. The molecule has 0 saturated carbocycles. The zero-order valence-corrected chi connectivity index (χ0v) is 12.1. The van der Waals surface area contributed by atoms with Crippen molar-refractivity contribution in [3.05, 3.63) is 40.9 Å². The molecule has 5 nitrogen and oxygen atoms in total. The van der Waals surface area contributed by atoms with E-state index in [0.29, 0.717) is 5.70 Å². The third-order valence-electron chi connectivity index (χ3n) is 3.14. The van der Waals surface area contributed by atoms with E-state index in [2.05, 4.69) is 9.73 Å². The van der Waals surface area contributed by atoms with Crippen LogP contribution in [0.1, 0.15) is 6.92 Å². The predicted octanol–water partition coefficient (Wildman–Crippen LogP) is 2.37. The van der Waals surface area contributed by atoms with Gasteiger partial charge < -0.3 is 9.47 Å². The van der Waals surface area contributed by atoms with Crippen LogP contribution in [-0.4, -0.2) is 32.8 Å². The summed E-state index contributed by atoms with van der Waals surface area (Å²) in [6.07, 6.45) is 0. The van der Waals surface area contributed by atoms with Gasteiger partial charge in [-0.3, -0.25) is 4.90 Å². The molecule has 0 aliphatic carbocycles. The van der Waals surface area contributed by atoms with Crippen molar-refractivity contribution in [3.63, 3.8) is 0 Å². The third-order valence-corrected chi connectivity index (χ3v) is 3.14. The minimum absolute atomic E-state index is 0.0237. The van der Waals surface area contributed by atoms with Crippen molar-refractivity contribution >= 4 is 17.7 Å². The van der Waals surface area contributed by atoms with Crippen LogP contribution in [0.4, 0.5) is 18.9 Å². The molecule has 0 fully saturated rings. The number of hydrogen-bond donors (Lipinski definition) is 0. The van der Waals surface area contributed by atoms with Crippen molar-refractivity contribution in [2.24, 2.45) is 4.99 Å². The Balaban J connectivity index is 2.48. The molecule has 0 N–H and O–H groups in total. The minimum atomic E-state index is -1.57. The van der Waals surface area contributed by atoms with E-state index in [0.717, 1.165) is 12.1 Å². The van der Waals surface area contributed by atoms with E-state index in [9.17, 15) is 18.0 Å². The highest BCUT2D eigenvalue weighted by atomic mass is 19.2. The van der Waals surface area contributed by atoms with Crippen molar-refractivity contribution in [2.45, 2.75) is 6.92 Å². The number of halogens is 3. The van der Waals surface area contributed by atoms with Gasteiger partial charge >= 0.3 is 5.97 Å². The molecule has 1 heterocycles. The maximum Gasteiger partial charge on any atom is 0.337 e. The van der Waals surface area contributed by atoms with Crippen LogP contribution in [-0.2, 0) is 14.3 Å². The van der Waals surface area contributed by atoms with Gasteiger partial charge in [0.2, 0.25) is 0 Å². The largest absolute Gasteiger partial charge is 0.468 e. The fourth-order valence-corrected chi connectivity index (χ4v) is 2.00. The molecular formula is C14H13F3N2O3. The zero-order valence-electron chi connectivity index (χ0n) is 12.1. The Bertz CT molecular complexity index is 663. The highest BCUT2D eigenvalue weighted by Crippen LogP contribution is 2.26. The number of hydrogen-bond acceptors (Lipinski definition) is 5. The predicted molar refractivity (Wildman–Crippen MR) is 72.8 cm³/mol. The van der Waals surface area contributed by atoms with E-state index in [-0.39, 0.29) is 23.8 Å². The molecule has 0 amide bonds. The smallest absolute Gasteiger partial charge is 0.337 e. The van der Waals surface area contributed by atoms with Gasteiger partial charge in [0.1, 0.15) is 0 Å². The second kappa shape index (κ2) is 6.08. The standard InChI is InChI=1S/C14H13F3N2O3/c1-7-9(13(20)21-2)6-19(14(18-7)22-3)8-4-10(15)12(17)11(16)5-8/h4-5H,6H2,1-3H3. The number of aliphatic imine (C=N–C) groups is 1. The molecule has 8 heteroatoms. The first-order valence-corrected chi connectivity index (χ1v) is 6.21. The molecule has 1 aromatic rings. The molecule has 1 aliphatic heterocycles. The highest BCUT2D eigenvalue weighted by Gasteiger charge is 2.28. The number of carbonyl (C=O) groups excluding carboxylic acids is 1. The van der Waals surface area contributed by atoms with Crippen LogP contribution in [0.15, 0.2) is 28.4 Å². The molecule has 0 radical (unpaired) electrons. The van der Waals surface area contributed by atoms with E-state index in [1.807, 2.05) is 0 Å². The first-order chi connectivity index (χ1) is 10.4. The summed E-state index contributed by atoms with van der Waals surface area (Å²) in [6, 6.07) is 1.61. The fourth-order valence-electron chi connectivity index (χ4n) is 2.00. The van der Waals surface area contributed by atoms with E-state index in [4.69, 9.17) is 4.74 Å². The van der Waals surface area contributed by atoms with Crippen molar-refractivity contribution in [1.29, 1.82) is 0 Å². The van der Waals surface area contributed by atoms with Crippen LogP contribution in [0.5, 0.6) is 0 Å². The Morgan fingerprint density at radius 1 is 1.23 bits per heavy atom. The van der Waals surface area contributed by atoms with Gasteiger partial charge in [0, 0.05) is 12.1 Å². The van der Waals surface area contributed by atoms with Crippen LogP contribution < -0.4 is 4.90 Å². The SMILES string of the molecule is COC(=O)C1=C(C)N=C(OC)N(c2cc(F)c(F)c(F)c2)C1. The number of rotatable bonds is 2. The average Bonchev–Trinajstić information content (AvgIpc) is 2.50. The van der Waals surface area contributed by atoms with Gasteiger partial charge in [-0.15, -0.1) is 0 Å². The first-order valence-electron chi connectivity index (χ1n) is 6.21. The molecule has 1 aliphatic rings. The van der Waals surface area contributed by atoms with Crippen LogP contribution in [0, 0.1) is 17.5 Å². The Morgan fingerprint density at radius 2 is 1.82 bits per heavy atom. The van der Waals surface area contributed by atoms with E-state index < -0.39 is 23.4 Å². The molecule has 0 bridgehead atoms. The summed E-state index contributed by atoms with van der Waals surface area (Å²) >= 11 is 0. The molecule has 2 rings (SSSR count). The van der Waals surface area contributed by atoms with E-state index in [1.54, 1.807) is 6.92 Å².